The summed E-state index contributed by atoms with van der Waals surface area (Å²) in [5.41, 5.74) is -1.79. The quantitative estimate of drug-likeness (QED) is 0.484. The molecule has 1 aromatic carbocycles. The molecule has 0 atom stereocenters. The second-order valence-corrected chi connectivity index (χ2v) is 8.10. The van der Waals surface area contributed by atoms with Gasteiger partial charge in [0.2, 0.25) is 5.92 Å². The number of carbonyl (C=O) groups is 1. The predicted molar refractivity (Wildman–Crippen MR) is 103 cm³/mol. The number of hydrogen-bond acceptors (Lipinski definition) is 4. The summed E-state index contributed by atoms with van der Waals surface area (Å²) >= 11 is 0.934. The molecule has 3 N–H and O–H groups in total. The first-order chi connectivity index (χ1) is 14.0. The number of benzene rings is 1. The van der Waals surface area contributed by atoms with Gasteiger partial charge in [0, 0.05) is 30.0 Å². The van der Waals surface area contributed by atoms with Crippen molar-refractivity contribution in [2.75, 3.05) is 5.32 Å². The number of halogens is 5. The smallest absolute Gasteiger partial charge is 0.321 e. The van der Waals surface area contributed by atoms with Gasteiger partial charge in [0.05, 0.1) is 5.69 Å². The van der Waals surface area contributed by atoms with Crippen molar-refractivity contribution >= 4 is 23.5 Å². The Morgan fingerprint density at radius 3 is 2.60 bits per heavy atom. The summed E-state index contributed by atoms with van der Waals surface area (Å²) in [6.07, 6.45) is -5.12. The minimum Gasteiger partial charge on any atom is -0.321 e. The Labute approximate surface area is 174 Å². The summed E-state index contributed by atoms with van der Waals surface area (Å²) in [6, 6.07) is 6.36. The van der Waals surface area contributed by atoms with Gasteiger partial charge in [0.1, 0.15) is 11.3 Å². The molecule has 30 heavy (non-hydrogen) atoms. The molecule has 0 spiro atoms. The molecule has 0 unspecified atom stereocenters. The first kappa shape index (κ1) is 22.5. The first-order valence-electron chi connectivity index (χ1n) is 9.31. The van der Waals surface area contributed by atoms with Gasteiger partial charge in [-0.05, 0) is 55.8 Å². The third kappa shape index (κ3) is 5.12. The molecule has 0 bridgehead atoms. The molecule has 1 fully saturated rings. The van der Waals surface area contributed by atoms with E-state index in [-0.39, 0.29) is 49.5 Å². The fraction of sp³-hybridized carbons (Fsp3) is 0.474. The van der Waals surface area contributed by atoms with E-state index in [4.69, 9.17) is 5.14 Å². The highest BCUT2D eigenvalue weighted by Crippen LogP contribution is 2.39. The van der Waals surface area contributed by atoms with Crippen LogP contribution in [0, 0.1) is 12.8 Å². The Morgan fingerprint density at radius 2 is 2.00 bits per heavy atom. The number of aryl methyl sites for hydroxylation is 1. The molecular weight excluding hydrogens is 427 g/mol. The number of alkyl halides is 5. The van der Waals surface area contributed by atoms with Crippen molar-refractivity contribution in [3.8, 4) is 0 Å². The SMILES string of the molecule is Cc1nn(CC2CCC(F)(F)CC2)c(C(=O)Nc2cccc(SN)c2)c1C(F)(F)F. The van der Waals surface area contributed by atoms with Crippen molar-refractivity contribution in [2.45, 2.75) is 56.1 Å². The van der Waals surface area contributed by atoms with Gasteiger partial charge in [-0.3, -0.25) is 14.6 Å². The van der Waals surface area contributed by atoms with Crippen molar-refractivity contribution in [1.29, 1.82) is 0 Å². The average molecular weight is 448 g/mol. The van der Waals surface area contributed by atoms with E-state index in [1.807, 2.05) is 0 Å². The summed E-state index contributed by atoms with van der Waals surface area (Å²) in [5, 5.41) is 11.9. The van der Waals surface area contributed by atoms with Crippen LogP contribution >= 0.6 is 11.9 Å². The van der Waals surface area contributed by atoms with E-state index in [1.165, 1.54) is 19.1 Å². The number of nitrogens with one attached hydrogen (secondary N) is 1. The highest BCUT2D eigenvalue weighted by Gasteiger charge is 2.42. The molecule has 0 aliphatic heterocycles. The number of rotatable bonds is 5. The fourth-order valence-electron chi connectivity index (χ4n) is 3.65. The second kappa shape index (κ2) is 8.54. The highest BCUT2D eigenvalue weighted by molar-refractivity contribution is 7.97. The van der Waals surface area contributed by atoms with Crippen LogP contribution in [0.2, 0.25) is 0 Å². The van der Waals surface area contributed by atoms with Crippen LogP contribution < -0.4 is 10.5 Å². The number of amides is 1. The average Bonchev–Trinajstić information content (AvgIpc) is 3.00. The minimum atomic E-state index is -4.79. The van der Waals surface area contributed by atoms with Crippen LogP contribution in [-0.2, 0) is 12.7 Å². The van der Waals surface area contributed by atoms with Gasteiger partial charge in [-0.1, -0.05) is 6.07 Å². The second-order valence-electron chi connectivity index (χ2n) is 7.39. The third-order valence-corrected chi connectivity index (χ3v) is 5.65. The molecule has 1 aromatic heterocycles. The zero-order valence-electron chi connectivity index (χ0n) is 16.1. The van der Waals surface area contributed by atoms with E-state index in [9.17, 15) is 26.7 Å². The number of anilines is 1. The van der Waals surface area contributed by atoms with E-state index >= 15 is 0 Å². The van der Waals surface area contributed by atoms with Crippen LogP contribution in [0.3, 0.4) is 0 Å². The van der Waals surface area contributed by atoms with Gasteiger partial charge in [0.15, 0.2) is 0 Å². The monoisotopic (exact) mass is 448 g/mol. The van der Waals surface area contributed by atoms with Crippen LogP contribution in [-0.4, -0.2) is 21.6 Å². The topological polar surface area (TPSA) is 72.9 Å². The zero-order valence-corrected chi connectivity index (χ0v) is 16.9. The van der Waals surface area contributed by atoms with E-state index in [0.29, 0.717) is 4.90 Å². The largest absolute Gasteiger partial charge is 0.420 e. The van der Waals surface area contributed by atoms with Crippen LogP contribution in [0.25, 0.3) is 0 Å². The van der Waals surface area contributed by atoms with Crippen LogP contribution in [0.5, 0.6) is 0 Å². The molecule has 0 saturated heterocycles. The third-order valence-electron chi connectivity index (χ3n) is 5.12. The molecule has 3 rings (SSSR count). The van der Waals surface area contributed by atoms with Crippen molar-refractivity contribution in [2.24, 2.45) is 11.1 Å². The Morgan fingerprint density at radius 1 is 1.33 bits per heavy atom. The summed E-state index contributed by atoms with van der Waals surface area (Å²) in [5.74, 6) is -4.00. The lowest BCUT2D eigenvalue weighted by Crippen LogP contribution is -2.29. The van der Waals surface area contributed by atoms with E-state index < -0.39 is 29.3 Å². The summed E-state index contributed by atoms with van der Waals surface area (Å²) in [7, 11) is 0. The molecule has 1 aliphatic rings. The maximum absolute atomic E-state index is 13.7. The van der Waals surface area contributed by atoms with Gasteiger partial charge >= 0.3 is 6.18 Å². The van der Waals surface area contributed by atoms with Gasteiger partial charge in [-0.15, -0.1) is 0 Å². The molecule has 0 radical (unpaired) electrons. The normalized spacial score (nSPS) is 17.2. The number of hydrogen-bond donors (Lipinski definition) is 2. The number of nitrogens with zero attached hydrogens (tertiary/aromatic N) is 2. The lowest BCUT2D eigenvalue weighted by Gasteiger charge is -2.28. The zero-order chi connectivity index (χ0) is 22.1. The van der Waals surface area contributed by atoms with Crippen molar-refractivity contribution in [3.05, 3.63) is 41.2 Å². The van der Waals surface area contributed by atoms with E-state index in [1.54, 1.807) is 12.1 Å². The van der Waals surface area contributed by atoms with Gasteiger partial charge in [0.25, 0.3) is 5.91 Å². The first-order valence-corrected chi connectivity index (χ1v) is 10.2. The van der Waals surface area contributed by atoms with Crippen LogP contribution in [0.4, 0.5) is 27.6 Å². The summed E-state index contributed by atoms with van der Waals surface area (Å²) in [6.45, 7) is 1.14. The molecular formula is C19H21F5N4OS. The molecule has 1 aliphatic carbocycles. The molecule has 5 nitrogen and oxygen atoms in total. The molecule has 1 heterocycles. The maximum atomic E-state index is 13.7. The van der Waals surface area contributed by atoms with Crippen molar-refractivity contribution in [3.63, 3.8) is 0 Å². The maximum Gasteiger partial charge on any atom is 0.420 e. The van der Waals surface area contributed by atoms with Crippen molar-refractivity contribution in [1.82, 2.24) is 9.78 Å². The van der Waals surface area contributed by atoms with Crippen molar-refractivity contribution < 1.29 is 26.7 Å². The van der Waals surface area contributed by atoms with Crippen LogP contribution in [0.15, 0.2) is 29.2 Å². The predicted octanol–water partition coefficient (Wildman–Crippen LogP) is 5.25. The standard InChI is InChI=1S/C19H21F5N4OS/c1-11-15(19(22,23)24)16(17(29)26-13-3-2-4-14(9-13)30-25)28(27-11)10-12-5-7-18(20,21)8-6-12/h2-4,9,12H,5-8,10,25H2,1H3,(H,26,29). The fourth-order valence-corrected chi connectivity index (χ4v) is 4.00. The van der Waals surface area contributed by atoms with Gasteiger partial charge in [-0.2, -0.15) is 18.3 Å². The Hall–Kier alpha value is -2.14. The molecule has 1 saturated carbocycles. The molecule has 2 aromatic rings. The lowest BCUT2D eigenvalue weighted by atomic mass is 9.87. The minimum absolute atomic E-state index is 0.0333. The Bertz CT molecular complexity index is 918. The lowest BCUT2D eigenvalue weighted by molar-refractivity contribution is -0.138. The number of nitrogens with two attached hydrogens (primary N) is 1. The van der Waals surface area contributed by atoms with E-state index in [0.717, 1.165) is 16.6 Å². The highest BCUT2D eigenvalue weighted by atomic mass is 32.2. The van der Waals surface area contributed by atoms with Crippen LogP contribution in [0.1, 0.15) is 47.4 Å². The Kier molecular flexibility index (Phi) is 6.42. The van der Waals surface area contributed by atoms with Gasteiger partial charge < -0.3 is 5.32 Å². The molecule has 164 valence electrons. The molecule has 11 heteroatoms. The summed E-state index contributed by atoms with van der Waals surface area (Å²) < 4.78 is 68.8. The Balaban J connectivity index is 1.91. The van der Waals surface area contributed by atoms with Gasteiger partial charge in [-0.25, -0.2) is 8.78 Å². The van der Waals surface area contributed by atoms with E-state index in [2.05, 4.69) is 10.4 Å². The molecule has 1 amide bonds. The number of carbonyl (C=O) groups excluding carboxylic acids is 1. The number of aromatic nitrogens is 2. The summed E-state index contributed by atoms with van der Waals surface area (Å²) in [4.78, 5) is 13.5.